The monoisotopic (exact) mass is 172 g/mol. The van der Waals surface area contributed by atoms with Crippen molar-refractivity contribution < 1.29 is 14.3 Å². The van der Waals surface area contributed by atoms with Crippen molar-refractivity contribution in [3.05, 3.63) is 0 Å². The van der Waals surface area contributed by atoms with Crippen molar-refractivity contribution in [3.63, 3.8) is 0 Å². The molecule has 0 radical (unpaired) electrons. The Bertz CT molecular complexity index is 149. The van der Waals surface area contributed by atoms with Gasteiger partial charge in [0, 0.05) is 0 Å². The molecule has 2 heterocycles. The molecule has 0 aromatic rings. The van der Waals surface area contributed by atoms with Crippen LogP contribution in [0.15, 0.2) is 0 Å². The number of ether oxygens (including phenoxy) is 1. The van der Waals surface area contributed by atoms with E-state index in [9.17, 15) is 5.11 Å². The standard InChI is InChI=1S/C9H18NO2/c11-9-2-1-3-10(8-9)4-6-12-7-5-10/h9,11H,1-8H2/q+1. The van der Waals surface area contributed by atoms with E-state index >= 15 is 0 Å². The Morgan fingerprint density at radius 1 is 1.17 bits per heavy atom. The number of aliphatic hydroxyl groups is 1. The topological polar surface area (TPSA) is 29.5 Å². The molecule has 12 heavy (non-hydrogen) atoms. The van der Waals surface area contributed by atoms with Crippen LogP contribution in [0, 0.1) is 0 Å². The minimum absolute atomic E-state index is 0.0585. The molecule has 1 unspecified atom stereocenters. The van der Waals surface area contributed by atoms with Gasteiger partial charge in [-0.2, -0.15) is 0 Å². The maximum atomic E-state index is 9.57. The molecule has 0 saturated carbocycles. The van der Waals surface area contributed by atoms with Crippen LogP contribution in [0.5, 0.6) is 0 Å². The Kier molecular flexibility index (Phi) is 2.35. The number of quaternary nitrogens is 1. The molecule has 1 atom stereocenters. The molecule has 0 amide bonds. The third-order valence-electron chi connectivity index (χ3n) is 3.19. The average Bonchev–Trinajstić information content (AvgIpc) is 2.05. The molecule has 2 aliphatic heterocycles. The second-order valence-electron chi connectivity index (χ2n) is 4.10. The van der Waals surface area contributed by atoms with Crippen molar-refractivity contribution in [2.75, 3.05) is 39.4 Å². The SMILES string of the molecule is OC1CCC[N+]2(CCOCC2)C1. The number of piperidine rings is 1. The van der Waals surface area contributed by atoms with Gasteiger partial charge in [-0.3, -0.25) is 0 Å². The third kappa shape index (κ3) is 1.63. The highest BCUT2D eigenvalue weighted by Gasteiger charge is 2.35. The normalized spacial score (nSPS) is 35.2. The Morgan fingerprint density at radius 2 is 1.92 bits per heavy atom. The zero-order valence-electron chi connectivity index (χ0n) is 7.54. The van der Waals surface area contributed by atoms with Gasteiger partial charge in [-0.15, -0.1) is 0 Å². The van der Waals surface area contributed by atoms with Crippen molar-refractivity contribution in [3.8, 4) is 0 Å². The Balaban J connectivity index is 1.97. The highest BCUT2D eigenvalue weighted by atomic mass is 16.5. The van der Waals surface area contributed by atoms with Gasteiger partial charge in [0.25, 0.3) is 0 Å². The highest BCUT2D eigenvalue weighted by molar-refractivity contribution is 4.64. The van der Waals surface area contributed by atoms with E-state index in [-0.39, 0.29) is 6.10 Å². The molecule has 0 aliphatic carbocycles. The van der Waals surface area contributed by atoms with Gasteiger partial charge in [-0.25, -0.2) is 0 Å². The molecular formula is C9H18NO2+. The molecule has 1 N–H and O–H groups in total. The van der Waals surface area contributed by atoms with Crippen LogP contribution in [-0.4, -0.2) is 55.1 Å². The summed E-state index contributed by atoms with van der Waals surface area (Å²) in [4.78, 5) is 0. The molecule has 2 aliphatic rings. The maximum Gasteiger partial charge on any atom is 0.105 e. The first-order valence-electron chi connectivity index (χ1n) is 4.92. The van der Waals surface area contributed by atoms with Gasteiger partial charge in [0.2, 0.25) is 0 Å². The van der Waals surface area contributed by atoms with Gasteiger partial charge in [-0.05, 0) is 12.8 Å². The van der Waals surface area contributed by atoms with E-state index < -0.39 is 0 Å². The molecule has 0 aromatic carbocycles. The lowest BCUT2D eigenvalue weighted by Gasteiger charge is -2.45. The van der Waals surface area contributed by atoms with Crippen LogP contribution in [0.2, 0.25) is 0 Å². The van der Waals surface area contributed by atoms with Crippen LogP contribution < -0.4 is 0 Å². The minimum atomic E-state index is -0.0585. The summed E-state index contributed by atoms with van der Waals surface area (Å²) < 4.78 is 6.45. The van der Waals surface area contributed by atoms with Crippen LogP contribution >= 0.6 is 0 Å². The molecule has 2 saturated heterocycles. The van der Waals surface area contributed by atoms with E-state index in [1.54, 1.807) is 0 Å². The molecule has 0 aromatic heterocycles. The Hall–Kier alpha value is -0.120. The minimum Gasteiger partial charge on any atom is -0.387 e. The summed E-state index contributed by atoms with van der Waals surface area (Å²) in [6, 6.07) is 0. The molecule has 1 spiro atoms. The lowest BCUT2D eigenvalue weighted by atomic mass is 10.0. The fourth-order valence-electron chi connectivity index (χ4n) is 2.43. The van der Waals surface area contributed by atoms with Crippen molar-refractivity contribution >= 4 is 0 Å². The van der Waals surface area contributed by atoms with Crippen molar-refractivity contribution in [1.82, 2.24) is 0 Å². The van der Waals surface area contributed by atoms with Crippen molar-refractivity contribution in [1.29, 1.82) is 0 Å². The molecule has 3 heteroatoms. The average molecular weight is 172 g/mol. The lowest BCUT2D eigenvalue weighted by molar-refractivity contribution is -0.942. The van der Waals surface area contributed by atoms with Gasteiger partial charge >= 0.3 is 0 Å². The van der Waals surface area contributed by atoms with Gasteiger partial charge < -0.3 is 14.3 Å². The number of hydrogen-bond donors (Lipinski definition) is 1. The van der Waals surface area contributed by atoms with E-state index in [1.807, 2.05) is 0 Å². The van der Waals surface area contributed by atoms with Crippen LogP contribution in [0.1, 0.15) is 12.8 Å². The highest BCUT2D eigenvalue weighted by Crippen LogP contribution is 2.20. The van der Waals surface area contributed by atoms with Gasteiger partial charge in [0.05, 0.1) is 19.8 Å². The second kappa shape index (κ2) is 3.32. The van der Waals surface area contributed by atoms with Crippen molar-refractivity contribution in [2.24, 2.45) is 0 Å². The zero-order chi connectivity index (χ0) is 8.44. The van der Waals surface area contributed by atoms with Crippen LogP contribution in [0.3, 0.4) is 0 Å². The largest absolute Gasteiger partial charge is 0.387 e. The molecule has 0 bridgehead atoms. The summed E-state index contributed by atoms with van der Waals surface area (Å²) in [7, 11) is 0. The predicted molar refractivity (Wildman–Crippen MR) is 45.8 cm³/mol. The quantitative estimate of drug-likeness (QED) is 0.521. The molecule has 70 valence electrons. The number of morpholine rings is 1. The molecule has 3 nitrogen and oxygen atoms in total. The van der Waals surface area contributed by atoms with Crippen LogP contribution in [0.4, 0.5) is 0 Å². The number of aliphatic hydroxyl groups excluding tert-OH is 1. The fourth-order valence-corrected chi connectivity index (χ4v) is 2.43. The van der Waals surface area contributed by atoms with E-state index in [1.165, 1.54) is 13.0 Å². The second-order valence-corrected chi connectivity index (χ2v) is 4.10. The molecule has 2 fully saturated rings. The fraction of sp³-hybridized carbons (Fsp3) is 1.00. The molecule has 2 rings (SSSR count). The van der Waals surface area contributed by atoms with Gasteiger partial charge in [0.1, 0.15) is 25.7 Å². The lowest BCUT2D eigenvalue weighted by Crippen LogP contribution is -2.60. The maximum absolute atomic E-state index is 9.57. The van der Waals surface area contributed by atoms with E-state index in [0.29, 0.717) is 0 Å². The summed E-state index contributed by atoms with van der Waals surface area (Å²) >= 11 is 0. The first-order chi connectivity index (χ1) is 5.81. The van der Waals surface area contributed by atoms with Crippen LogP contribution in [0.25, 0.3) is 0 Å². The number of rotatable bonds is 0. The van der Waals surface area contributed by atoms with Crippen molar-refractivity contribution in [2.45, 2.75) is 18.9 Å². The van der Waals surface area contributed by atoms with Gasteiger partial charge in [0.15, 0.2) is 0 Å². The van der Waals surface area contributed by atoms with Crippen LogP contribution in [-0.2, 0) is 4.74 Å². The zero-order valence-corrected chi connectivity index (χ0v) is 7.54. The van der Waals surface area contributed by atoms with Gasteiger partial charge in [-0.1, -0.05) is 0 Å². The van der Waals surface area contributed by atoms with E-state index in [4.69, 9.17) is 4.74 Å². The summed E-state index contributed by atoms with van der Waals surface area (Å²) in [5, 5.41) is 9.57. The predicted octanol–water partition coefficient (Wildman–Crippen LogP) is -0.0119. The first-order valence-corrected chi connectivity index (χ1v) is 4.92. The van der Waals surface area contributed by atoms with E-state index in [2.05, 4.69) is 0 Å². The Morgan fingerprint density at radius 3 is 2.58 bits per heavy atom. The number of nitrogens with zero attached hydrogens (tertiary/aromatic N) is 1. The smallest absolute Gasteiger partial charge is 0.105 e. The summed E-state index contributed by atoms with van der Waals surface area (Å²) in [6.07, 6.45) is 2.12. The molecular weight excluding hydrogens is 154 g/mol. The number of hydrogen-bond acceptors (Lipinski definition) is 2. The Labute approximate surface area is 73.5 Å². The third-order valence-corrected chi connectivity index (χ3v) is 3.19. The first kappa shape index (κ1) is 8.48. The van der Waals surface area contributed by atoms with E-state index in [0.717, 1.165) is 43.8 Å². The summed E-state index contributed by atoms with van der Waals surface area (Å²) in [6.45, 7) is 6.19. The summed E-state index contributed by atoms with van der Waals surface area (Å²) in [5.41, 5.74) is 0. The summed E-state index contributed by atoms with van der Waals surface area (Å²) in [5.74, 6) is 0.